The Morgan fingerprint density at radius 3 is 2.95 bits per heavy atom. The standard InChI is InChI=1S/C13H22N2O3S/c1-4-11-8-15-13(19-11)10(3)14-6-7-17-9-12(16)18-5-2/h8,10,14H,4-7,9H2,1-3H3. The van der Waals surface area contributed by atoms with Crippen molar-refractivity contribution in [1.82, 2.24) is 10.3 Å². The number of nitrogens with zero attached hydrogens (tertiary/aromatic N) is 1. The van der Waals surface area contributed by atoms with Gasteiger partial charge in [-0.25, -0.2) is 9.78 Å². The quantitative estimate of drug-likeness (QED) is 0.555. The van der Waals surface area contributed by atoms with E-state index in [9.17, 15) is 4.79 Å². The summed E-state index contributed by atoms with van der Waals surface area (Å²) >= 11 is 1.73. The van der Waals surface area contributed by atoms with Crippen LogP contribution in [0.1, 0.15) is 36.7 Å². The maximum atomic E-state index is 11.0. The monoisotopic (exact) mass is 286 g/mol. The van der Waals surface area contributed by atoms with Crippen LogP contribution in [0, 0.1) is 0 Å². The van der Waals surface area contributed by atoms with E-state index in [-0.39, 0.29) is 18.6 Å². The molecule has 0 aliphatic heterocycles. The number of carbonyl (C=O) groups excluding carboxylic acids is 1. The Labute approximate surface area is 118 Å². The second-order valence-electron chi connectivity index (χ2n) is 4.05. The van der Waals surface area contributed by atoms with E-state index in [1.54, 1.807) is 18.3 Å². The van der Waals surface area contributed by atoms with Gasteiger partial charge < -0.3 is 14.8 Å². The molecule has 108 valence electrons. The number of carbonyl (C=O) groups is 1. The third-order valence-electron chi connectivity index (χ3n) is 2.51. The zero-order valence-electron chi connectivity index (χ0n) is 11.8. The molecule has 1 aromatic heterocycles. The summed E-state index contributed by atoms with van der Waals surface area (Å²) in [4.78, 5) is 16.7. The predicted molar refractivity (Wildman–Crippen MR) is 75.4 cm³/mol. The molecular formula is C13H22N2O3S. The summed E-state index contributed by atoms with van der Waals surface area (Å²) in [5.41, 5.74) is 0. The van der Waals surface area contributed by atoms with Crippen LogP contribution < -0.4 is 5.32 Å². The van der Waals surface area contributed by atoms with Gasteiger partial charge in [0.2, 0.25) is 0 Å². The van der Waals surface area contributed by atoms with Gasteiger partial charge in [0.05, 0.1) is 19.3 Å². The van der Waals surface area contributed by atoms with Crippen molar-refractivity contribution < 1.29 is 14.3 Å². The maximum Gasteiger partial charge on any atom is 0.332 e. The van der Waals surface area contributed by atoms with E-state index in [4.69, 9.17) is 9.47 Å². The first-order chi connectivity index (χ1) is 9.17. The topological polar surface area (TPSA) is 60.5 Å². The van der Waals surface area contributed by atoms with Crippen LogP contribution in [0.15, 0.2) is 6.20 Å². The fourth-order valence-corrected chi connectivity index (χ4v) is 2.36. The van der Waals surface area contributed by atoms with E-state index in [1.807, 2.05) is 6.20 Å². The highest BCUT2D eigenvalue weighted by atomic mass is 32.1. The molecule has 0 saturated carbocycles. The van der Waals surface area contributed by atoms with E-state index in [0.717, 1.165) is 11.4 Å². The van der Waals surface area contributed by atoms with Crippen molar-refractivity contribution in [2.24, 2.45) is 0 Å². The minimum absolute atomic E-state index is 0.0150. The number of aromatic nitrogens is 1. The Morgan fingerprint density at radius 2 is 2.32 bits per heavy atom. The molecule has 0 spiro atoms. The lowest BCUT2D eigenvalue weighted by Gasteiger charge is -2.11. The van der Waals surface area contributed by atoms with Crippen LogP contribution in [0.2, 0.25) is 0 Å². The SMILES string of the molecule is CCOC(=O)COCCNC(C)c1ncc(CC)s1. The van der Waals surface area contributed by atoms with Crippen molar-refractivity contribution in [3.8, 4) is 0 Å². The van der Waals surface area contributed by atoms with Crippen molar-refractivity contribution in [3.05, 3.63) is 16.1 Å². The minimum Gasteiger partial charge on any atom is -0.464 e. The lowest BCUT2D eigenvalue weighted by atomic mass is 10.3. The number of nitrogens with one attached hydrogen (secondary N) is 1. The average Bonchev–Trinajstić information content (AvgIpc) is 2.87. The van der Waals surface area contributed by atoms with Gasteiger partial charge in [-0.1, -0.05) is 6.92 Å². The second-order valence-corrected chi connectivity index (χ2v) is 5.20. The Balaban J connectivity index is 2.13. The van der Waals surface area contributed by atoms with Gasteiger partial charge in [-0.05, 0) is 20.3 Å². The summed E-state index contributed by atoms with van der Waals surface area (Å²) in [7, 11) is 0. The predicted octanol–water partition coefficient (Wildman–Crippen LogP) is 1.94. The van der Waals surface area contributed by atoms with Gasteiger partial charge in [0, 0.05) is 17.6 Å². The number of thiazole rings is 1. The first-order valence-electron chi connectivity index (χ1n) is 6.58. The van der Waals surface area contributed by atoms with Crippen LogP contribution in [0.5, 0.6) is 0 Å². The molecule has 19 heavy (non-hydrogen) atoms. The molecule has 0 fully saturated rings. The zero-order chi connectivity index (χ0) is 14.1. The Hall–Kier alpha value is -0.980. The van der Waals surface area contributed by atoms with Crippen LogP contribution in [-0.2, 0) is 20.7 Å². The molecule has 1 heterocycles. The van der Waals surface area contributed by atoms with Crippen LogP contribution in [0.4, 0.5) is 0 Å². The van der Waals surface area contributed by atoms with Crippen molar-refractivity contribution in [1.29, 1.82) is 0 Å². The van der Waals surface area contributed by atoms with Gasteiger partial charge >= 0.3 is 5.97 Å². The Bertz CT molecular complexity index is 382. The van der Waals surface area contributed by atoms with Gasteiger partial charge in [0.25, 0.3) is 0 Å². The molecule has 0 radical (unpaired) electrons. The molecule has 0 aliphatic carbocycles. The fourth-order valence-electron chi connectivity index (χ4n) is 1.48. The van der Waals surface area contributed by atoms with Gasteiger partial charge in [-0.3, -0.25) is 0 Å². The average molecular weight is 286 g/mol. The highest BCUT2D eigenvalue weighted by Crippen LogP contribution is 2.19. The molecular weight excluding hydrogens is 264 g/mol. The molecule has 0 saturated heterocycles. The fraction of sp³-hybridized carbons (Fsp3) is 0.692. The zero-order valence-corrected chi connectivity index (χ0v) is 12.6. The number of ether oxygens (including phenoxy) is 2. The van der Waals surface area contributed by atoms with Crippen molar-refractivity contribution in [2.75, 3.05) is 26.4 Å². The summed E-state index contributed by atoms with van der Waals surface area (Å²) in [6.07, 6.45) is 2.95. The van der Waals surface area contributed by atoms with Crippen LogP contribution in [-0.4, -0.2) is 37.3 Å². The largest absolute Gasteiger partial charge is 0.464 e. The molecule has 5 nitrogen and oxygen atoms in total. The molecule has 1 N–H and O–H groups in total. The Kier molecular flexibility index (Phi) is 7.62. The first kappa shape index (κ1) is 16.1. The summed E-state index contributed by atoms with van der Waals surface area (Å²) in [5, 5.41) is 4.40. The number of hydrogen-bond donors (Lipinski definition) is 1. The van der Waals surface area contributed by atoms with Crippen molar-refractivity contribution >= 4 is 17.3 Å². The highest BCUT2D eigenvalue weighted by molar-refractivity contribution is 7.11. The maximum absolute atomic E-state index is 11.0. The van der Waals surface area contributed by atoms with Crippen molar-refractivity contribution in [2.45, 2.75) is 33.2 Å². The third-order valence-corrected chi connectivity index (χ3v) is 3.84. The number of hydrogen-bond acceptors (Lipinski definition) is 6. The lowest BCUT2D eigenvalue weighted by molar-refractivity contribution is -0.148. The van der Waals surface area contributed by atoms with E-state index < -0.39 is 0 Å². The number of aryl methyl sites for hydroxylation is 1. The van der Waals surface area contributed by atoms with E-state index in [0.29, 0.717) is 19.8 Å². The summed E-state index contributed by atoms with van der Waals surface area (Å²) in [5.74, 6) is -0.317. The van der Waals surface area contributed by atoms with E-state index in [1.165, 1.54) is 4.88 Å². The lowest BCUT2D eigenvalue weighted by Crippen LogP contribution is -2.24. The molecule has 0 bridgehead atoms. The first-order valence-corrected chi connectivity index (χ1v) is 7.40. The molecule has 6 heteroatoms. The molecule has 0 aliphatic rings. The normalized spacial score (nSPS) is 12.4. The number of rotatable bonds is 9. The molecule has 1 aromatic rings. The molecule has 1 rings (SSSR count). The van der Waals surface area contributed by atoms with Gasteiger partial charge in [-0.2, -0.15) is 0 Å². The summed E-state index contributed by atoms with van der Waals surface area (Å²) < 4.78 is 9.97. The minimum atomic E-state index is -0.317. The van der Waals surface area contributed by atoms with Crippen LogP contribution >= 0.6 is 11.3 Å². The van der Waals surface area contributed by atoms with Crippen molar-refractivity contribution in [3.63, 3.8) is 0 Å². The van der Waals surface area contributed by atoms with E-state index in [2.05, 4.69) is 24.1 Å². The Morgan fingerprint density at radius 1 is 1.53 bits per heavy atom. The van der Waals surface area contributed by atoms with E-state index >= 15 is 0 Å². The van der Waals surface area contributed by atoms with Gasteiger partial charge in [0.1, 0.15) is 11.6 Å². The summed E-state index contributed by atoms with van der Waals surface area (Å²) in [6, 6.07) is 0.205. The van der Waals surface area contributed by atoms with Gasteiger partial charge in [0.15, 0.2) is 0 Å². The third kappa shape index (κ3) is 6.13. The molecule has 1 unspecified atom stereocenters. The second kappa shape index (κ2) is 9.01. The molecule has 0 amide bonds. The molecule has 1 atom stereocenters. The van der Waals surface area contributed by atoms with Gasteiger partial charge in [-0.15, -0.1) is 11.3 Å². The smallest absolute Gasteiger partial charge is 0.332 e. The number of esters is 1. The van der Waals surface area contributed by atoms with Crippen LogP contribution in [0.25, 0.3) is 0 Å². The highest BCUT2D eigenvalue weighted by Gasteiger charge is 2.09. The summed E-state index contributed by atoms with van der Waals surface area (Å²) in [6.45, 7) is 7.54. The molecule has 0 aromatic carbocycles. The van der Waals surface area contributed by atoms with Crippen LogP contribution in [0.3, 0.4) is 0 Å².